The molecule has 0 amide bonds. The van der Waals surface area contributed by atoms with E-state index in [-0.39, 0.29) is 6.10 Å². The number of hydrogen-bond donors (Lipinski definition) is 0. The average molecular weight is 337 g/mol. The van der Waals surface area contributed by atoms with Crippen molar-refractivity contribution in [2.24, 2.45) is 0 Å². The number of benzene rings is 1. The van der Waals surface area contributed by atoms with Gasteiger partial charge in [-0.2, -0.15) is 4.39 Å². The van der Waals surface area contributed by atoms with Gasteiger partial charge in [0.15, 0.2) is 0 Å². The highest BCUT2D eigenvalue weighted by Gasteiger charge is 2.24. The van der Waals surface area contributed by atoms with Gasteiger partial charge in [0.1, 0.15) is 11.9 Å². The van der Waals surface area contributed by atoms with Gasteiger partial charge in [0.05, 0.1) is 6.61 Å². The van der Waals surface area contributed by atoms with Gasteiger partial charge in [-0.05, 0) is 23.8 Å². The maximum Gasteiger partial charge on any atom is 0.214 e. The van der Waals surface area contributed by atoms with E-state index in [1.54, 1.807) is 6.07 Å². The minimum absolute atomic E-state index is 0.0376. The van der Waals surface area contributed by atoms with Gasteiger partial charge in [-0.25, -0.2) is 4.98 Å². The van der Waals surface area contributed by atoms with Gasteiger partial charge in [0.25, 0.3) is 0 Å². The summed E-state index contributed by atoms with van der Waals surface area (Å²) >= 11 is 3.55. The molecule has 1 aromatic carbocycles. The minimum Gasteiger partial charge on any atom is -0.370 e. The Hall–Kier alpha value is -1.46. The number of nitrogens with zero attached hydrogens (tertiary/aromatic N) is 2. The van der Waals surface area contributed by atoms with Crippen LogP contribution in [0.3, 0.4) is 0 Å². The summed E-state index contributed by atoms with van der Waals surface area (Å²) in [5.74, 6) is 0.205. The third-order valence-corrected chi connectivity index (χ3v) is 4.07. The Bertz CT molecular complexity index is 608. The molecule has 20 heavy (non-hydrogen) atoms. The second kappa shape index (κ2) is 5.89. The molecular weight excluding hydrogens is 323 g/mol. The van der Waals surface area contributed by atoms with Crippen molar-refractivity contribution in [2.75, 3.05) is 24.6 Å². The standard InChI is InChI=1S/C15H14BrFN2O/c16-12-5-2-1-4-11(12)13-10-19(8-9-20-13)15-7-3-6-14(17)18-15/h1-7,13H,8-10H2. The molecule has 2 aromatic rings. The summed E-state index contributed by atoms with van der Waals surface area (Å²) < 4.78 is 20.1. The molecule has 3 rings (SSSR count). The van der Waals surface area contributed by atoms with Crippen LogP contribution in [0.4, 0.5) is 10.2 Å². The first kappa shape index (κ1) is 13.5. The molecule has 1 fully saturated rings. The largest absolute Gasteiger partial charge is 0.370 e. The zero-order valence-corrected chi connectivity index (χ0v) is 12.4. The van der Waals surface area contributed by atoms with E-state index in [1.807, 2.05) is 30.3 Å². The van der Waals surface area contributed by atoms with Crippen molar-refractivity contribution < 1.29 is 9.13 Å². The molecule has 0 N–H and O–H groups in total. The van der Waals surface area contributed by atoms with Crippen LogP contribution in [0.2, 0.25) is 0 Å². The molecule has 1 aliphatic heterocycles. The number of halogens is 2. The molecule has 1 atom stereocenters. The van der Waals surface area contributed by atoms with Crippen LogP contribution in [0.5, 0.6) is 0 Å². The second-order valence-corrected chi connectivity index (χ2v) is 5.50. The Morgan fingerprint density at radius 3 is 2.85 bits per heavy atom. The molecule has 0 radical (unpaired) electrons. The Balaban J connectivity index is 1.82. The summed E-state index contributed by atoms with van der Waals surface area (Å²) in [6.45, 7) is 1.99. The molecule has 1 aromatic heterocycles. The van der Waals surface area contributed by atoms with E-state index in [0.29, 0.717) is 19.0 Å². The zero-order valence-electron chi connectivity index (χ0n) is 10.8. The van der Waals surface area contributed by atoms with Crippen LogP contribution < -0.4 is 4.90 Å². The molecule has 1 aliphatic rings. The number of morpholine rings is 1. The highest BCUT2D eigenvalue weighted by molar-refractivity contribution is 9.10. The van der Waals surface area contributed by atoms with Crippen LogP contribution in [0.1, 0.15) is 11.7 Å². The van der Waals surface area contributed by atoms with Crippen LogP contribution in [-0.2, 0) is 4.74 Å². The van der Waals surface area contributed by atoms with Crippen molar-refractivity contribution in [3.63, 3.8) is 0 Å². The number of aromatic nitrogens is 1. The summed E-state index contributed by atoms with van der Waals surface area (Å²) in [5.41, 5.74) is 1.11. The quantitative estimate of drug-likeness (QED) is 0.784. The Morgan fingerprint density at radius 2 is 2.05 bits per heavy atom. The fourth-order valence-corrected chi connectivity index (χ4v) is 2.90. The highest BCUT2D eigenvalue weighted by atomic mass is 79.9. The van der Waals surface area contributed by atoms with Gasteiger partial charge in [-0.1, -0.05) is 40.2 Å². The third-order valence-electron chi connectivity index (χ3n) is 3.34. The van der Waals surface area contributed by atoms with E-state index < -0.39 is 5.95 Å². The second-order valence-electron chi connectivity index (χ2n) is 4.65. The first-order valence-corrected chi connectivity index (χ1v) is 7.27. The minimum atomic E-state index is -0.452. The monoisotopic (exact) mass is 336 g/mol. The van der Waals surface area contributed by atoms with Crippen LogP contribution in [0.15, 0.2) is 46.9 Å². The zero-order chi connectivity index (χ0) is 13.9. The number of ether oxygens (including phenoxy) is 1. The van der Waals surface area contributed by atoms with Crippen LogP contribution >= 0.6 is 15.9 Å². The van der Waals surface area contributed by atoms with E-state index in [1.165, 1.54) is 6.07 Å². The predicted molar refractivity (Wildman–Crippen MR) is 79.2 cm³/mol. The normalized spacial score (nSPS) is 19.1. The maximum absolute atomic E-state index is 13.2. The van der Waals surface area contributed by atoms with E-state index in [0.717, 1.165) is 16.6 Å². The molecule has 1 unspecified atom stereocenters. The topological polar surface area (TPSA) is 25.4 Å². The molecular formula is C15H14BrFN2O. The SMILES string of the molecule is Fc1cccc(N2CCOC(c3ccccc3Br)C2)n1. The van der Waals surface area contributed by atoms with Gasteiger partial charge < -0.3 is 9.64 Å². The highest BCUT2D eigenvalue weighted by Crippen LogP contribution is 2.30. The summed E-state index contributed by atoms with van der Waals surface area (Å²) in [5, 5.41) is 0. The molecule has 0 spiro atoms. The Morgan fingerprint density at radius 1 is 1.20 bits per heavy atom. The van der Waals surface area contributed by atoms with Crippen molar-refractivity contribution in [1.29, 1.82) is 0 Å². The molecule has 0 aliphatic carbocycles. The van der Waals surface area contributed by atoms with Crippen LogP contribution in [0.25, 0.3) is 0 Å². The van der Waals surface area contributed by atoms with Crippen molar-refractivity contribution >= 4 is 21.7 Å². The first-order valence-electron chi connectivity index (χ1n) is 6.47. The Labute approximate surface area is 125 Å². The number of rotatable bonds is 2. The van der Waals surface area contributed by atoms with Crippen LogP contribution in [-0.4, -0.2) is 24.7 Å². The molecule has 0 bridgehead atoms. The van der Waals surface area contributed by atoms with E-state index >= 15 is 0 Å². The molecule has 2 heterocycles. The predicted octanol–water partition coefficient (Wildman–Crippen LogP) is 3.56. The first-order chi connectivity index (χ1) is 9.74. The summed E-state index contributed by atoms with van der Waals surface area (Å²) in [6, 6.07) is 12.9. The lowest BCUT2D eigenvalue weighted by atomic mass is 10.1. The van der Waals surface area contributed by atoms with E-state index in [4.69, 9.17) is 4.74 Å². The van der Waals surface area contributed by atoms with Crippen LogP contribution in [0, 0.1) is 5.95 Å². The fraction of sp³-hybridized carbons (Fsp3) is 0.267. The Kier molecular flexibility index (Phi) is 3.98. The summed E-state index contributed by atoms with van der Waals surface area (Å²) in [7, 11) is 0. The van der Waals surface area contributed by atoms with Gasteiger partial charge in [-0.3, -0.25) is 0 Å². The smallest absolute Gasteiger partial charge is 0.214 e. The molecule has 3 nitrogen and oxygen atoms in total. The van der Waals surface area contributed by atoms with Crippen molar-refractivity contribution in [3.8, 4) is 0 Å². The van der Waals surface area contributed by atoms with E-state index in [2.05, 4.69) is 25.8 Å². The fourth-order valence-electron chi connectivity index (χ4n) is 2.36. The molecule has 1 saturated heterocycles. The number of hydrogen-bond acceptors (Lipinski definition) is 3. The molecule has 104 valence electrons. The maximum atomic E-state index is 13.2. The number of anilines is 1. The van der Waals surface area contributed by atoms with Crippen molar-refractivity contribution in [1.82, 2.24) is 4.98 Å². The van der Waals surface area contributed by atoms with Crippen molar-refractivity contribution in [2.45, 2.75) is 6.10 Å². The van der Waals surface area contributed by atoms with Crippen molar-refractivity contribution in [3.05, 3.63) is 58.4 Å². The van der Waals surface area contributed by atoms with Gasteiger partial charge in [-0.15, -0.1) is 0 Å². The average Bonchev–Trinajstić information content (AvgIpc) is 2.48. The lowest BCUT2D eigenvalue weighted by Gasteiger charge is -2.34. The number of pyridine rings is 1. The summed E-state index contributed by atoms with van der Waals surface area (Å²) in [6.07, 6.45) is -0.0376. The lowest BCUT2D eigenvalue weighted by Crippen LogP contribution is -2.39. The summed E-state index contributed by atoms with van der Waals surface area (Å²) in [4.78, 5) is 5.99. The van der Waals surface area contributed by atoms with Gasteiger partial charge >= 0.3 is 0 Å². The van der Waals surface area contributed by atoms with Gasteiger partial charge in [0, 0.05) is 17.6 Å². The molecule has 0 saturated carbocycles. The van der Waals surface area contributed by atoms with Gasteiger partial charge in [0.2, 0.25) is 5.95 Å². The van der Waals surface area contributed by atoms with E-state index in [9.17, 15) is 4.39 Å². The lowest BCUT2D eigenvalue weighted by molar-refractivity contribution is 0.0390. The third kappa shape index (κ3) is 2.83. The molecule has 5 heteroatoms.